The van der Waals surface area contributed by atoms with E-state index in [-0.39, 0.29) is 12.2 Å². The lowest BCUT2D eigenvalue weighted by Crippen LogP contribution is -2.25. The van der Waals surface area contributed by atoms with Crippen molar-refractivity contribution in [2.45, 2.75) is 38.0 Å². The summed E-state index contributed by atoms with van der Waals surface area (Å²) >= 11 is 6.07. The molecule has 0 bridgehead atoms. The number of aliphatic hydroxyl groups is 1. The van der Waals surface area contributed by atoms with Crippen molar-refractivity contribution in [3.05, 3.63) is 28.8 Å². The first kappa shape index (κ1) is 11.7. The molecule has 2 atom stereocenters. The lowest BCUT2D eigenvalue weighted by atomic mass is 10.2. The summed E-state index contributed by atoms with van der Waals surface area (Å²) in [6, 6.07) is 5.51. The van der Waals surface area contributed by atoms with Gasteiger partial charge in [0.15, 0.2) is 0 Å². The Morgan fingerprint density at radius 3 is 2.81 bits per heavy atom. The zero-order valence-electron chi connectivity index (χ0n) is 9.03. The van der Waals surface area contributed by atoms with Gasteiger partial charge in [-0.1, -0.05) is 17.7 Å². The minimum Gasteiger partial charge on any atom is -0.486 e. The molecule has 1 aliphatic rings. The van der Waals surface area contributed by atoms with E-state index in [9.17, 15) is 5.11 Å². The van der Waals surface area contributed by atoms with Crippen LogP contribution in [-0.2, 0) is 6.54 Å². The number of rotatable bonds is 3. The van der Waals surface area contributed by atoms with Crippen LogP contribution >= 0.6 is 11.6 Å². The number of nitrogens with two attached hydrogens (primary N) is 1. The number of hydrogen-bond acceptors (Lipinski definition) is 3. The summed E-state index contributed by atoms with van der Waals surface area (Å²) in [5, 5.41) is 10.2. The van der Waals surface area contributed by atoms with Crippen molar-refractivity contribution in [1.29, 1.82) is 0 Å². The van der Waals surface area contributed by atoms with Crippen molar-refractivity contribution in [3.63, 3.8) is 0 Å². The second kappa shape index (κ2) is 5.04. The van der Waals surface area contributed by atoms with Crippen LogP contribution in [0.5, 0.6) is 5.75 Å². The maximum atomic E-state index is 9.65. The zero-order valence-corrected chi connectivity index (χ0v) is 9.78. The molecule has 0 saturated heterocycles. The third kappa shape index (κ3) is 2.48. The van der Waals surface area contributed by atoms with E-state index < -0.39 is 0 Å². The van der Waals surface area contributed by atoms with Crippen LogP contribution in [0.4, 0.5) is 0 Å². The molecule has 0 amide bonds. The molecule has 1 aromatic rings. The van der Waals surface area contributed by atoms with Crippen LogP contribution in [0.15, 0.2) is 18.2 Å². The van der Waals surface area contributed by atoms with E-state index in [4.69, 9.17) is 22.1 Å². The quantitative estimate of drug-likeness (QED) is 0.852. The van der Waals surface area contributed by atoms with E-state index in [0.717, 1.165) is 24.8 Å². The van der Waals surface area contributed by atoms with E-state index >= 15 is 0 Å². The number of ether oxygens (including phenoxy) is 1. The smallest absolute Gasteiger partial charge is 0.138 e. The lowest BCUT2D eigenvalue weighted by Gasteiger charge is -2.18. The van der Waals surface area contributed by atoms with Crippen molar-refractivity contribution in [1.82, 2.24) is 0 Å². The molecule has 3 N–H and O–H groups in total. The van der Waals surface area contributed by atoms with Crippen molar-refractivity contribution < 1.29 is 9.84 Å². The minimum absolute atomic E-state index is 0.124. The van der Waals surface area contributed by atoms with Gasteiger partial charge in [-0.05, 0) is 37.0 Å². The second-order valence-corrected chi connectivity index (χ2v) is 4.53. The third-order valence-electron chi connectivity index (χ3n) is 2.93. The summed E-state index contributed by atoms with van der Waals surface area (Å²) in [4.78, 5) is 0. The summed E-state index contributed by atoms with van der Waals surface area (Å²) in [6.07, 6.45) is 2.20. The highest BCUT2D eigenvalue weighted by atomic mass is 35.5. The van der Waals surface area contributed by atoms with Gasteiger partial charge in [0.2, 0.25) is 0 Å². The fourth-order valence-corrected chi connectivity index (χ4v) is 2.22. The molecular weight excluding hydrogens is 226 g/mol. The van der Waals surface area contributed by atoms with Gasteiger partial charge in [-0.2, -0.15) is 0 Å². The van der Waals surface area contributed by atoms with Crippen LogP contribution in [0, 0.1) is 0 Å². The van der Waals surface area contributed by atoms with Gasteiger partial charge in [-0.25, -0.2) is 0 Å². The normalized spacial score (nSPS) is 24.7. The van der Waals surface area contributed by atoms with Crippen molar-refractivity contribution in [2.75, 3.05) is 0 Å². The Morgan fingerprint density at radius 2 is 2.25 bits per heavy atom. The first-order valence-corrected chi connectivity index (χ1v) is 5.91. The molecule has 0 radical (unpaired) electrons. The van der Waals surface area contributed by atoms with Crippen LogP contribution in [0.1, 0.15) is 24.8 Å². The van der Waals surface area contributed by atoms with Gasteiger partial charge in [0.25, 0.3) is 0 Å². The molecule has 88 valence electrons. The van der Waals surface area contributed by atoms with Crippen molar-refractivity contribution in [3.8, 4) is 5.75 Å². The second-order valence-electron chi connectivity index (χ2n) is 4.12. The molecule has 0 spiro atoms. The highest BCUT2D eigenvalue weighted by molar-refractivity contribution is 6.32. The van der Waals surface area contributed by atoms with E-state index in [1.807, 2.05) is 12.1 Å². The van der Waals surface area contributed by atoms with Crippen LogP contribution in [-0.4, -0.2) is 17.3 Å². The number of halogens is 1. The summed E-state index contributed by atoms with van der Waals surface area (Å²) in [6.45, 7) is 0.464. The van der Waals surface area contributed by atoms with Crippen molar-refractivity contribution >= 4 is 11.6 Å². The Kier molecular flexibility index (Phi) is 3.69. The molecule has 2 rings (SSSR count). The van der Waals surface area contributed by atoms with Crippen LogP contribution in [0.3, 0.4) is 0 Å². The van der Waals surface area contributed by atoms with Crippen LogP contribution in [0.2, 0.25) is 5.02 Å². The van der Waals surface area contributed by atoms with Gasteiger partial charge in [0, 0.05) is 6.54 Å². The summed E-state index contributed by atoms with van der Waals surface area (Å²) in [7, 11) is 0. The highest BCUT2D eigenvalue weighted by Crippen LogP contribution is 2.30. The molecule has 0 aliphatic heterocycles. The highest BCUT2D eigenvalue weighted by Gasteiger charge is 2.27. The molecule has 0 aromatic heterocycles. The number of aliphatic hydroxyl groups excluding tert-OH is 1. The fraction of sp³-hybridized carbons (Fsp3) is 0.500. The van der Waals surface area contributed by atoms with Gasteiger partial charge in [0.1, 0.15) is 11.9 Å². The van der Waals surface area contributed by atoms with E-state index in [1.165, 1.54) is 0 Å². The standard InChI is InChI=1S/C12H16ClNO2/c13-9-6-8(7-14)4-5-11(9)16-12-3-1-2-10(12)15/h4-6,10,12,15H,1-3,7,14H2. The largest absolute Gasteiger partial charge is 0.486 e. The number of benzene rings is 1. The molecular formula is C12H16ClNO2. The molecule has 1 fully saturated rings. The van der Waals surface area contributed by atoms with Crippen LogP contribution in [0.25, 0.3) is 0 Å². The Hall–Kier alpha value is -0.770. The SMILES string of the molecule is NCc1ccc(OC2CCCC2O)c(Cl)c1. The zero-order chi connectivity index (χ0) is 11.5. The van der Waals surface area contributed by atoms with Gasteiger partial charge < -0.3 is 15.6 Å². The first-order chi connectivity index (χ1) is 7.70. The topological polar surface area (TPSA) is 55.5 Å². The maximum absolute atomic E-state index is 9.65. The Balaban J connectivity index is 2.09. The van der Waals surface area contributed by atoms with Gasteiger partial charge in [0.05, 0.1) is 11.1 Å². The number of hydrogen-bond donors (Lipinski definition) is 2. The average molecular weight is 242 g/mol. The Labute approximate surface area is 100 Å². The van der Waals surface area contributed by atoms with Crippen molar-refractivity contribution in [2.24, 2.45) is 5.73 Å². The maximum Gasteiger partial charge on any atom is 0.138 e. The summed E-state index contributed by atoms with van der Waals surface area (Å²) < 4.78 is 5.70. The molecule has 0 heterocycles. The average Bonchev–Trinajstić information content (AvgIpc) is 2.67. The van der Waals surface area contributed by atoms with E-state index in [0.29, 0.717) is 17.3 Å². The van der Waals surface area contributed by atoms with Gasteiger partial charge in [-0.15, -0.1) is 0 Å². The predicted octanol–water partition coefficient (Wildman–Crippen LogP) is 2.09. The fourth-order valence-electron chi connectivity index (χ4n) is 1.97. The summed E-state index contributed by atoms with van der Waals surface area (Å²) in [5.74, 6) is 0.629. The molecule has 2 unspecified atom stereocenters. The molecule has 1 saturated carbocycles. The predicted molar refractivity (Wildman–Crippen MR) is 63.6 cm³/mol. The Bertz CT molecular complexity index is 370. The Morgan fingerprint density at radius 1 is 1.44 bits per heavy atom. The summed E-state index contributed by atoms with van der Waals surface area (Å²) in [5.41, 5.74) is 6.49. The van der Waals surface area contributed by atoms with E-state index in [1.54, 1.807) is 6.07 Å². The lowest BCUT2D eigenvalue weighted by molar-refractivity contribution is 0.0604. The van der Waals surface area contributed by atoms with Gasteiger partial charge >= 0.3 is 0 Å². The van der Waals surface area contributed by atoms with Gasteiger partial charge in [-0.3, -0.25) is 0 Å². The monoisotopic (exact) mass is 241 g/mol. The molecule has 1 aliphatic carbocycles. The first-order valence-electron chi connectivity index (χ1n) is 5.54. The molecule has 1 aromatic carbocycles. The van der Waals surface area contributed by atoms with E-state index in [2.05, 4.69) is 0 Å². The minimum atomic E-state index is -0.370. The molecule has 4 heteroatoms. The molecule has 16 heavy (non-hydrogen) atoms. The molecule has 3 nitrogen and oxygen atoms in total. The third-order valence-corrected chi connectivity index (χ3v) is 3.22. The van der Waals surface area contributed by atoms with Crippen LogP contribution < -0.4 is 10.5 Å².